The molecule has 2 unspecified atom stereocenters. The van der Waals surface area contributed by atoms with Crippen LogP contribution in [0.15, 0.2) is 22.7 Å². The number of hydrogen-bond acceptors (Lipinski definition) is 4. The van der Waals surface area contributed by atoms with Crippen molar-refractivity contribution in [2.75, 3.05) is 7.05 Å². The van der Waals surface area contributed by atoms with Gasteiger partial charge in [0.05, 0.1) is 10.9 Å². The van der Waals surface area contributed by atoms with Crippen molar-refractivity contribution >= 4 is 11.6 Å². The largest absolute Gasteiger partial charge is 0.339 e. The predicted octanol–water partition coefficient (Wildman–Crippen LogP) is 3.24. The van der Waals surface area contributed by atoms with Gasteiger partial charge in [0.25, 0.3) is 0 Å². The number of halogens is 2. The number of likely N-dealkylation sites (N-methyl/N-ethyl adjacent to an activating group) is 1. The van der Waals surface area contributed by atoms with E-state index >= 15 is 0 Å². The molecule has 2 aromatic rings. The molecule has 0 fully saturated rings. The second-order valence-electron chi connectivity index (χ2n) is 4.45. The Morgan fingerprint density at radius 1 is 1.37 bits per heavy atom. The van der Waals surface area contributed by atoms with Crippen LogP contribution >= 0.6 is 11.6 Å². The van der Waals surface area contributed by atoms with Gasteiger partial charge in [-0.25, -0.2) is 4.39 Å². The average molecular weight is 284 g/mol. The predicted molar refractivity (Wildman–Crippen MR) is 71.6 cm³/mol. The summed E-state index contributed by atoms with van der Waals surface area (Å²) in [4.78, 5) is 4.32. The van der Waals surface area contributed by atoms with Crippen LogP contribution < -0.4 is 5.32 Å². The highest BCUT2D eigenvalue weighted by Crippen LogP contribution is 2.28. The Kier molecular flexibility index (Phi) is 4.17. The molecule has 0 aliphatic heterocycles. The van der Waals surface area contributed by atoms with Crippen LogP contribution in [0.4, 0.5) is 4.39 Å². The van der Waals surface area contributed by atoms with E-state index in [1.807, 2.05) is 20.9 Å². The molecule has 0 aliphatic carbocycles. The molecule has 0 amide bonds. The first-order valence-corrected chi connectivity index (χ1v) is 6.37. The Bertz CT molecular complexity index is 573. The molecule has 0 aliphatic rings. The SMILES string of the molecule is CNC(C)C(C)c1nc(-c2ccc(F)cc2Cl)no1. The van der Waals surface area contributed by atoms with Crippen molar-refractivity contribution in [1.82, 2.24) is 15.5 Å². The van der Waals surface area contributed by atoms with Crippen LogP contribution in [0.25, 0.3) is 11.4 Å². The number of nitrogens with one attached hydrogen (secondary N) is 1. The van der Waals surface area contributed by atoms with E-state index in [1.165, 1.54) is 12.1 Å². The summed E-state index contributed by atoms with van der Waals surface area (Å²) in [5.41, 5.74) is 0.558. The summed E-state index contributed by atoms with van der Waals surface area (Å²) in [6, 6.07) is 4.29. The molecule has 0 spiro atoms. The molecule has 1 aromatic carbocycles. The Labute approximate surface area is 116 Å². The summed E-state index contributed by atoms with van der Waals surface area (Å²) in [6.07, 6.45) is 0. The number of aromatic nitrogens is 2. The first-order valence-electron chi connectivity index (χ1n) is 5.99. The molecule has 1 aromatic heterocycles. The van der Waals surface area contributed by atoms with Crippen molar-refractivity contribution in [2.24, 2.45) is 0 Å². The van der Waals surface area contributed by atoms with E-state index in [0.717, 1.165) is 0 Å². The third-order valence-electron chi connectivity index (χ3n) is 3.21. The zero-order valence-corrected chi connectivity index (χ0v) is 11.7. The normalized spacial score (nSPS) is 14.4. The van der Waals surface area contributed by atoms with E-state index in [0.29, 0.717) is 17.3 Å². The van der Waals surface area contributed by atoms with Gasteiger partial charge in [-0.1, -0.05) is 23.7 Å². The van der Waals surface area contributed by atoms with Crippen molar-refractivity contribution in [1.29, 1.82) is 0 Å². The molecule has 102 valence electrons. The number of rotatable bonds is 4. The van der Waals surface area contributed by atoms with Gasteiger partial charge < -0.3 is 9.84 Å². The minimum absolute atomic E-state index is 0.0745. The van der Waals surface area contributed by atoms with Crippen LogP contribution in [0, 0.1) is 5.82 Å². The summed E-state index contributed by atoms with van der Waals surface area (Å²) in [6.45, 7) is 4.02. The van der Waals surface area contributed by atoms with Crippen molar-refractivity contribution in [2.45, 2.75) is 25.8 Å². The lowest BCUT2D eigenvalue weighted by Gasteiger charge is -2.14. The fourth-order valence-electron chi connectivity index (χ4n) is 1.66. The van der Waals surface area contributed by atoms with Gasteiger partial charge in [0.15, 0.2) is 0 Å². The van der Waals surface area contributed by atoms with Gasteiger partial charge in [-0.3, -0.25) is 0 Å². The summed E-state index contributed by atoms with van der Waals surface area (Å²) >= 11 is 5.97. The zero-order chi connectivity index (χ0) is 14.0. The fraction of sp³-hybridized carbons (Fsp3) is 0.385. The topological polar surface area (TPSA) is 51.0 Å². The molecule has 4 nitrogen and oxygen atoms in total. The Hall–Kier alpha value is -1.46. The van der Waals surface area contributed by atoms with Crippen LogP contribution in [-0.4, -0.2) is 23.2 Å². The highest BCUT2D eigenvalue weighted by Gasteiger charge is 2.20. The quantitative estimate of drug-likeness (QED) is 0.936. The standard InChI is InChI=1S/C13H15ClFN3O/c1-7(8(2)16-3)13-17-12(18-19-13)10-5-4-9(15)6-11(10)14/h4-8,16H,1-3H3. The number of hydrogen-bond donors (Lipinski definition) is 1. The lowest BCUT2D eigenvalue weighted by molar-refractivity contribution is 0.336. The maximum Gasteiger partial charge on any atom is 0.231 e. The molecule has 0 radical (unpaired) electrons. The first-order chi connectivity index (χ1) is 9.02. The average Bonchev–Trinajstić information content (AvgIpc) is 2.86. The Balaban J connectivity index is 2.30. The molecular formula is C13H15ClFN3O. The van der Waals surface area contributed by atoms with Gasteiger partial charge in [0.1, 0.15) is 5.82 Å². The highest BCUT2D eigenvalue weighted by molar-refractivity contribution is 6.33. The van der Waals surface area contributed by atoms with Crippen LogP contribution in [0.5, 0.6) is 0 Å². The third kappa shape index (κ3) is 2.93. The Morgan fingerprint density at radius 3 is 2.74 bits per heavy atom. The lowest BCUT2D eigenvalue weighted by atomic mass is 10.0. The maximum atomic E-state index is 13.0. The van der Waals surface area contributed by atoms with E-state index in [1.54, 1.807) is 6.07 Å². The van der Waals surface area contributed by atoms with Crippen molar-refractivity contribution in [3.63, 3.8) is 0 Å². The monoisotopic (exact) mass is 283 g/mol. The second-order valence-corrected chi connectivity index (χ2v) is 4.85. The molecule has 1 N–H and O–H groups in total. The van der Waals surface area contributed by atoms with Gasteiger partial charge in [0.2, 0.25) is 11.7 Å². The van der Waals surface area contributed by atoms with Gasteiger partial charge in [0, 0.05) is 11.6 Å². The van der Waals surface area contributed by atoms with Crippen molar-refractivity contribution in [3.05, 3.63) is 34.9 Å². The molecule has 6 heteroatoms. The summed E-state index contributed by atoms with van der Waals surface area (Å²) < 4.78 is 18.2. The van der Waals surface area contributed by atoms with E-state index < -0.39 is 5.82 Å². The van der Waals surface area contributed by atoms with E-state index in [9.17, 15) is 4.39 Å². The van der Waals surface area contributed by atoms with Gasteiger partial charge in [-0.15, -0.1) is 0 Å². The highest BCUT2D eigenvalue weighted by atomic mass is 35.5. The molecule has 19 heavy (non-hydrogen) atoms. The molecule has 2 rings (SSSR count). The van der Waals surface area contributed by atoms with Crippen LogP contribution in [0.2, 0.25) is 5.02 Å². The summed E-state index contributed by atoms with van der Waals surface area (Å²) in [7, 11) is 1.87. The van der Waals surface area contributed by atoms with Gasteiger partial charge in [-0.2, -0.15) is 4.98 Å². The maximum absolute atomic E-state index is 13.0. The third-order valence-corrected chi connectivity index (χ3v) is 3.52. The zero-order valence-electron chi connectivity index (χ0n) is 10.9. The molecular weight excluding hydrogens is 269 g/mol. The van der Waals surface area contributed by atoms with Crippen LogP contribution in [0.3, 0.4) is 0 Å². The van der Waals surface area contributed by atoms with Crippen molar-refractivity contribution in [3.8, 4) is 11.4 Å². The van der Waals surface area contributed by atoms with Crippen LogP contribution in [0.1, 0.15) is 25.7 Å². The Morgan fingerprint density at radius 2 is 2.11 bits per heavy atom. The molecule has 2 atom stereocenters. The number of benzene rings is 1. The smallest absolute Gasteiger partial charge is 0.231 e. The van der Waals surface area contributed by atoms with E-state index in [-0.39, 0.29) is 17.0 Å². The molecule has 0 saturated carbocycles. The summed E-state index contributed by atoms with van der Waals surface area (Å²) in [5.74, 6) is 0.576. The van der Waals surface area contributed by atoms with Gasteiger partial charge >= 0.3 is 0 Å². The fourth-order valence-corrected chi connectivity index (χ4v) is 1.92. The lowest BCUT2D eigenvalue weighted by Crippen LogP contribution is -2.27. The summed E-state index contributed by atoms with van der Waals surface area (Å²) in [5, 5.41) is 7.29. The molecule has 0 bridgehead atoms. The molecule has 1 heterocycles. The number of nitrogens with zero attached hydrogens (tertiary/aromatic N) is 2. The second kappa shape index (κ2) is 5.67. The van der Waals surface area contributed by atoms with Crippen LogP contribution in [-0.2, 0) is 0 Å². The van der Waals surface area contributed by atoms with E-state index in [2.05, 4.69) is 15.5 Å². The minimum Gasteiger partial charge on any atom is -0.339 e. The molecule has 0 saturated heterocycles. The van der Waals surface area contributed by atoms with E-state index in [4.69, 9.17) is 16.1 Å². The van der Waals surface area contributed by atoms with Gasteiger partial charge in [-0.05, 0) is 32.2 Å². The van der Waals surface area contributed by atoms with Crippen molar-refractivity contribution < 1.29 is 8.91 Å². The first kappa shape index (κ1) is 14.0. The minimum atomic E-state index is -0.394.